The van der Waals surface area contributed by atoms with Crippen molar-refractivity contribution in [3.63, 3.8) is 0 Å². The first-order valence-corrected chi connectivity index (χ1v) is 6.27. The van der Waals surface area contributed by atoms with Crippen molar-refractivity contribution < 1.29 is 9.53 Å². The molecule has 2 aromatic heterocycles. The smallest absolute Gasteiger partial charge is 0.237 e. The number of anilines is 2. The Hall–Kier alpha value is -3.09. The lowest BCUT2D eigenvalue weighted by molar-refractivity contribution is -0.114. The maximum atomic E-state index is 11.0. The number of nitrogens with two attached hydrogens (primary N) is 1. The summed E-state index contributed by atoms with van der Waals surface area (Å²) in [4.78, 5) is 15.2. The van der Waals surface area contributed by atoms with Gasteiger partial charge in [0.25, 0.3) is 0 Å². The highest BCUT2D eigenvalue weighted by Crippen LogP contribution is 2.21. The minimum Gasteiger partial charge on any atom is -0.438 e. The molecule has 0 bridgehead atoms. The molecule has 3 aromatic rings. The molecule has 1 amide bonds. The normalized spacial score (nSPS) is 10.5. The lowest BCUT2D eigenvalue weighted by Gasteiger charge is -2.05. The molecule has 7 nitrogen and oxygen atoms in total. The van der Waals surface area contributed by atoms with Crippen molar-refractivity contribution >= 4 is 23.1 Å². The zero-order chi connectivity index (χ0) is 14.8. The molecule has 0 fully saturated rings. The fraction of sp³-hybridized carbons (Fsp3) is 0.0714. The van der Waals surface area contributed by atoms with E-state index >= 15 is 0 Å². The fourth-order valence-corrected chi connectivity index (χ4v) is 1.86. The minimum absolute atomic E-state index is 0.186. The van der Waals surface area contributed by atoms with Gasteiger partial charge in [-0.05, 0) is 18.2 Å². The Morgan fingerprint density at radius 2 is 2.19 bits per heavy atom. The number of hydrogen-bond donors (Lipinski definition) is 2. The molecule has 0 saturated heterocycles. The third-order valence-electron chi connectivity index (χ3n) is 2.68. The van der Waals surface area contributed by atoms with Crippen molar-refractivity contribution in [3.05, 3.63) is 42.6 Å². The number of ether oxygens (including phenoxy) is 1. The van der Waals surface area contributed by atoms with Gasteiger partial charge in [0.2, 0.25) is 11.8 Å². The quantitative estimate of drug-likeness (QED) is 0.717. The van der Waals surface area contributed by atoms with Gasteiger partial charge < -0.3 is 15.8 Å². The molecule has 0 aliphatic carbocycles. The fourth-order valence-electron chi connectivity index (χ4n) is 1.86. The molecule has 2 heterocycles. The number of hydrogen-bond acceptors (Lipinski definition) is 5. The largest absolute Gasteiger partial charge is 0.438 e. The van der Waals surface area contributed by atoms with Crippen LogP contribution < -0.4 is 15.8 Å². The summed E-state index contributed by atoms with van der Waals surface area (Å²) in [6.45, 7) is 1.42. The summed E-state index contributed by atoms with van der Waals surface area (Å²) in [6.07, 6.45) is 1.61. The first kappa shape index (κ1) is 12.9. The summed E-state index contributed by atoms with van der Waals surface area (Å²) < 4.78 is 7.17. The molecule has 21 heavy (non-hydrogen) atoms. The van der Waals surface area contributed by atoms with E-state index in [0.29, 0.717) is 28.8 Å². The Bertz CT molecular complexity index is 812. The molecular weight excluding hydrogens is 270 g/mol. The second kappa shape index (κ2) is 5.12. The van der Waals surface area contributed by atoms with E-state index in [1.807, 2.05) is 0 Å². The lowest BCUT2D eigenvalue weighted by atomic mass is 10.3. The number of aromatic nitrogens is 3. The highest BCUT2D eigenvalue weighted by molar-refractivity contribution is 5.87. The van der Waals surface area contributed by atoms with Crippen molar-refractivity contribution in [1.29, 1.82) is 0 Å². The van der Waals surface area contributed by atoms with E-state index in [0.717, 1.165) is 0 Å². The number of fused-ring (bicyclic) bond motifs is 1. The van der Waals surface area contributed by atoms with Gasteiger partial charge in [0.05, 0.1) is 6.20 Å². The van der Waals surface area contributed by atoms with Crippen LogP contribution >= 0.6 is 0 Å². The average molecular weight is 283 g/mol. The van der Waals surface area contributed by atoms with E-state index in [-0.39, 0.29) is 5.91 Å². The monoisotopic (exact) mass is 283 g/mol. The molecule has 3 N–H and O–H groups in total. The predicted molar refractivity (Wildman–Crippen MR) is 78.2 cm³/mol. The molecule has 0 aliphatic heterocycles. The number of nitrogen functional groups attached to an aromatic ring is 1. The Labute approximate surface area is 120 Å². The van der Waals surface area contributed by atoms with Crippen molar-refractivity contribution in [1.82, 2.24) is 14.6 Å². The van der Waals surface area contributed by atoms with Crippen LogP contribution in [0.1, 0.15) is 6.92 Å². The van der Waals surface area contributed by atoms with E-state index in [9.17, 15) is 4.79 Å². The zero-order valence-electron chi connectivity index (χ0n) is 11.3. The van der Waals surface area contributed by atoms with Gasteiger partial charge in [0.15, 0.2) is 11.5 Å². The topological polar surface area (TPSA) is 94.5 Å². The number of imidazole rings is 1. The summed E-state index contributed by atoms with van der Waals surface area (Å²) in [5.74, 6) is 1.26. The van der Waals surface area contributed by atoms with Crippen LogP contribution in [-0.4, -0.2) is 20.5 Å². The maximum absolute atomic E-state index is 11.0. The third kappa shape index (κ3) is 2.92. The second-order valence-electron chi connectivity index (χ2n) is 4.46. The Morgan fingerprint density at radius 3 is 2.95 bits per heavy atom. The number of benzene rings is 1. The van der Waals surface area contributed by atoms with Gasteiger partial charge in [-0.3, -0.25) is 4.79 Å². The summed E-state index contributed by atoms with van der Waals surface area (Å²) in [6, 6.07) is 10.5. The van der Waals surface area contributed by atoms with E-state index in [1.165, 1.54) is 11.4 Å². The van der Waals surface area contributed by atoms with Gasteiger partial charge in [0.1, 0.15) is 5.75 Å². The van der Waals surface area contributed by atoms with Crippen LogP contribution in [0, 0.1) is 0 Å². The molecule has 0 atom stereocenters. The molecule has 0 unspecified atom stereocenters. The maximum Gasteiger partial charge on any atom is 0.237 e. The zero-order valence-corrected chi connectivity index (χ0v) is 11.3. The second-order valence-corrected chi connectivity index (χ2v) is 4.46. The minimum atomic E-state index is -0.186. The average Bonchev–Trinajstić information content (AvgIpc) is 2.79. The molecule has 106 valence electrons. The SMILES string of the molecule is CC(=O)Nc1cn2nc(Oc3cccc(N)c3)ccc2n1. The van der Waals surface area contributed by atoms with E-state index in [1.54, 1.807) is 42.6 Å². The molecule has 1 aromatic carbocycles. The molecule has 0 aliphatic rings. The standard InChI is InChI=1S/C14H13N5O2/c1-9(20)16-12-8-19-13(17-12)5-6-14(18-19)21-11-4-2-3-10(15)7-11/h2-8H,15H2,1H3,(H,16,20). The van der Waals surface area contributed by atoms with E-state index in [4.69, 9.17) is 10.5 Å². The van der Waals surface area contributed by atoms with Crippen LogP contribution in [0.15, 0.2) is 42.6 Å². The highest BCUT2D eigenvalue weighted by atomic mass is 16.5. The summed E-state index contributed by atoms with van der Waals surface area (Å²) in [7, 11) is 0. The Balaban J connectivity index is 1.88. The van der Waals surface area contributed by atoms with Gasteiger partial charge in [0, 0.05) is 24.7 Å². The molecule has 3 rings (SSSR count). The highest BCUT2D eigenvalue weighted by Gasteiger charge is 2.06. The predicted octanol–water partition coefficient (Wildman–Crippen LogP) is 2.06. The van der Waals surface area contributed by atoms with Crippen molar-refractivity contribution in [3.8, 4) is 11.6 Å². The number of rotatable bonds is 3. The first-order valence-electron chi connectivity index (χ1n) is 6.27. The van der Waals surface area contributed by atoms with Gasteiger partial charge in [-0.2, -0.15) is 0 Å². The summed E-state index contributed by atoms with van der Waals surface area (Å²) >= 11 is 0. The number of nitrogens with zero attached hydrogens (tertiary/aromatic N) is 3. The third-order valence-corrected chi connectivity index (χ3v) is 2.68. The molecule has 0 radical (unpaired) electrons. The van der Waals surface area contributed by atoms with Crippen LogP contribution in [0.5, 0.6) is 11.6 Å². The summed E-state index contributed by atoms with van der Waals surface area (Å²) in [5.41, 5.74) is 6.92. The summed E-state index contributed by atoms with van der Waals surface area (Å²) in [5, 5.41) is 6.87. The van der Waals surface area contributed by atoms with Crippen LogP contribution in [0.4, 0.5) is 11.5 Å². The van der Waals surface area contributed by atoms with Crippen LogP contribution in [0.3, 0.4) is 0 Å². The van der Waals surface area contributed by atoms with Gasteiger partial charge in [-0.25, -0.2) is 9.50 Å². The van der Waals surface area contributed by atoms with Crippen molar-refractivity contribution in [2.24, 2.45) is 0 Å². The van der Waals surface area contributed by atoms with Gasteiger partial charge >= 0.3 is 0 Å². The van der Waals surface area contributed by atoms with Gasteiger partial charge in [-0.1, -0.05) is 6.07 Å². The van der Waals surface area contributed by atoms with Gasteiger partial charge in [-0.15, -0.1) is 5.10 Å². The van der Waals surface area contributed by atoms with E-state index < -0.39 is 0 Å². The van der Waals surface area contributed by atoms with Crippen LogP contribution in [0.2, 0.25) is 0 Å². The Morgan fingerprint density at radius 1 is 1.33 bits per heavy atom. The first-order chi connectivity index (χ1) is 10.1. The molecule has 0 spiro atoms. The molecular formula is C14H13N5O2. The van der Waals surface area contributed by atoms with E-state index in [2.05, 4.69) is 15.4 Å². The number of amides is 1. The van der Waals surface area contributed by atoms with Crippen LogP contribution in [-0.2, 0) is 4.79 Å². The Kier molecular flexibility index (Phi) is 3.15. The van der Waals surface area contributed by atoms with Crippen LogP contribution in [0.25, 0.3) is 5.65 Å². The lowest BCUT2D eigenvalue weighted by Crippen LogP contribution is -2.05. The number of nitrogens with one attached hydrogen (secondary N) is 1. The molecule has 0 saturated carbocycles. The molecule has 7 heteroatoms. The van der Waals surface area contributed by atoms with Crippen molar-refractivity contribution in [2.75, 3.05) is 11.1 Å². The van der Waals surface area contributed by atoms with Crippen molar-refractivity contribution in [2.45, 2.75) is 6.92 Å². The number of carbonyl (C=O) groups is 1. The number of carbonyl (C=O) groups excluding carboxylic acids is 1.